The first-order valence-corrected chi connectivity index (χ1v) is 27.9. The Hall–Kier alpha value is -8.08. The summed E-state index contributed by atoms with van der Waals surface area (Å²) < 4.78 is 5.87. The van der Waals surface area contributed by atoms with Crippen LogP contribution in [0.4, 0.5) is 0 Å². The van der Waals surface area contributed by atoms with Crippen LogP contribution in [-0.2, 0) is 35.2 Å². The van der Waals surface area contributed by atoms with E-state index < -0.39 is 95.9 Å². The second-order valence-electron chi connectivity index (χ2n) is 21.1. The van der Waals surface area contributed by atoms with Crippen LogP contribution < -0.4 is 48.5 Å². The average molecular weight is 1120 g/mol. The van der Waals surface area contributed by atoms with E-state index in [0.29, 0.717) is 12.2 Å². The summed E-state index contributed by atoms with van der Waals surface area (Å²) in [5, 5.41) is 45.7. The van der Waals surface area contributed by atoms with Gasteiger partial charge in [0.2, 0.25) is 35.4 Å². The molecule has 434 valence electrons. The Morgan fingerprint density at radius 1 is 0.728 bits per heavy atom. The SMILES string of the molecule is CCCCCOc1ccc(-c2ccc(-c3ccc(C(=O)N[C@H]4CCCNC(=O)[C@@H]5C[C@H](N)CN5C(=O)[C@H](CCCN=C(N)N)NC(=O)[C@H](CCc5ccc(O)cc5)NC(=O)[C@@H]5C[C@@H](O)CN5C(=O)[C@H]([C@@H](C)O)NC4=O)cc3)cc2)cc1. The van der Waals surface area contributed by atoms with Gasteiger partial charge in [-0.3, -0.25) is 38.6 Å². The van der Waals surface area contributed by atoms with Crippen LogP contribution in [0.5, 0.6) is 11.5 Å². The van der Waals surface area contributed by atoms with Crippen molar-refractivity contribution in [2.24, 2.45) is 22.2 Å². The number of aliphatic imine (C=N–C) groups is 1. The van der Waals surface area contributed by atoms with E-state index in [1.165, 1.54) is 24.0 Å². The topological polar surface area (TPSA) is 346 Å². The summed E-state index contributed by atoms with van der Waals surface area (Å²) in [7, 11) is 0. The Kier molecular flexibility index (Phi) is 21.6. The molecule has 81 heavy (non-hydrogen) atoms. The normalized spacial score (nSPS) is 23.6. The Morgan fingerprint density at radius 2 is 1.33 bits per heavy atom. The molecule has 0 aromatic heterocycles. The molecular formula is C59H77N11O11. The number of phenols is 1. The van der Waals surface area contributed by atoms with E-state index in [9.17, 15) is 48.9 Å². The highest BCUT2D eigenvalue weighted by Gasteiger charge is 2.45. The summed E-state index contributed by atoms with van der Waals surface area (Å²) in [5.74, 6) is -4.55. The molecule has 0 saturated carbocycles. The molecule has 0 aliphatic carbocycles. The van der Waals surface area contributed by atoms with Gasteiger partial charge in [-0.2, -0.15) is 0 Å². The highest BCUT2D eigenvalue weighted by atomic mass is 16.5. The summed E-state index contributed by atoms with van der Waals surface area (Å²) in [6.45, 7) is 3.77. The predicted octanol–water partition coefficient (Wildman–Crippen LogP) is 1.72. The first kappa shape index (κ1) is 60.6. The fraction of sp³-hybridized carbons (Fsp3) is 0.458. The van der Waals surface area contributed by atoms with Crippen LogP contribution in [0.2, 0.25) is 0 Å². The van der Waals surface area contributed by atoms with Crippen LogP contribution in [0.25, 0.3) is 22.3 Å². The number of phenolic OH excluding ortho intramolecular Hbond substituents is 1. The number of amides is 7. The van der Waals surface area contributed by atoms with Crippen molar-refractivity contribution in [3.63, 3.8) is 0 Å². The third-order valence-corrected chi connectivity index (χ3v) is 14.8. The number of nitrogens with zero attached hydrogens (tertiary/aromatic N) is 3. The van der Waals surface area contributed by atoms with Crippen molar-refractivity contribution in [3.8, 4) is 33.8 Å². The number of ether oxygens (including phenoxy) is 1. The highest BCUT2D eigenvalue weighted by molar-refractivity contribution is 6.00. The zero-order valence-corrected chi connectivity index (χ0v) is 45.9. The third-order valence-electron chi connectivity index (χ3n) is 14.8. The van der Waals surface area contributed by atoms with Gasteiger partial charge in [-0.1, -0.05) is 80.4 Å². The molecular weight excluding hydrogens is 1040 g/mol. The summed E-state index contributed by atoms with van der Waals surface area (Å²) >= 11 is 0. The van der Waals surface area contributed by atoms with Gasteiger partial charge in [0, 0.05) is 44.2 Å². The number of aliphatic hydroxyl groups is 2. The minimum Gasteiger partial charge on any atom is -0.508 e. The molecule has 0 spiro atoms. The van der Waals surface area contributed by atoms with Gasteiger partial charge in [-0.15, -0.1) is 0 Å². The number of hydrogen-bond acceptors (Lipinski definition) is 13. The van der Waals surface area contributed by atoms with E-state index >= 15 is 0 Å². The van der Waals surface area contributed by atoms with Crippen LogP contribution in [0.3, 0.4) is 0 Å². The molecule has 3 fully saturated rings. The number of unbranched alkanes of at least 4 members (excludes halogenated alkanes) is 2. The first-order chi connectivity index (χ1) is 38.9. The van der Waals surface area contributed by atoms with Gasteiger partial charge < -0.3 is 73.6 Å². The number of nitrogens with one attached hydrogen (secondary N) is 5. The Morgan fingerprint density at radius 3 is 1.96 bits per heavy atom. The molecule has 7 amide bonds. The fourth-order valence-corrected chi connectivity index (χ4v) is 10.3. The molecule has 14 N–H and O–H groups in total. The molecule has 3 aliphatic rings. The van der Waals surface area contributed by atoms with Crippen molar-refractivity contribution >= 4 is 47.3 Å². The van der Waals surface area contributed by atoms with E-state index in [1.807, 2.05) is 48.5 Å². The molecule has 22 heteroatoms. The number of aliphatic hydroxyl groups excluding tert-OH is 2. The minimum atomic E-state index is -1.68. The lowest BCUT2D eigenvalue weighted by Gasteiger charge is -2.32. The van der Waals surface area contributed by atoms with Gasteiger partial charge >= 0.3 is 0 Å². The number of aryl methyl sites for hydroxylation is 1. The van der Waals surface area contributed by atoms with Crippen molar-refractivity contribution in [2.45, 2.75) is 139 Å². The van der Waals surface area contributed by atoms with Gasteiger partial charge in [0.25, 0.3) is 5.91 Å². The van der Waals surface area contributed by atoms with Crippen molar-refractivity contribution in [3.05, 3.63) is 108 Å². The molecule has 3 heterocycles. The fourth-order valence-electron chi connectivity index (χ4n) is 10.3. The second-order valence-corrected chi connectivity index (χ2v) is 21.1. The summed E-state index contributed by atoms with van der Waals surface area (Å²) in [6.07, 6.45) is 0.724. The summed E-state index contributed by atoms with van der Waals surface area (Å²) in [4.78, 5) is 107. The van der Waals surface area contributed by atoms with Gasteiger partial charge in [-0.05, 0) is 123 Å². The van der Waals surface area contributed by atoms with Gasteiger partial charge in [0.1, 0.15) is 47.8 Å². The molecule has 0 radical (unpaired) electrons. The number of guanidine groups is 1. The van der Waals surface area contributed by atoms with Crippen LogP contribution in [0.1, 0.15) is 94.0 Å². The van der Waals surface area contributed by atoms with E-state index in [1.54, 1.807) is 36.4 Å². The van der Waals surface area contributed by atoms with Crippen molar-refractivity contribution in [2.75, 3.05) is 32.8 Å². The summed E-state index contributed by atoms with van der Waals surface area (Å²) in [5.41, 5.74) is 22.2. The molecule has 0 unspecified atom stereocenters. The van der Waals surface area contributed by atoms with Crippen molar-refractivity contribution < 1.29 is 53.6 Å². The van der Waals surface area contributed by atoms with Crippen LogP contribution in [-0.4, -0.2) is 160 Å². The number of nitrogens with two attached hydrogens (primary N) is 3. The van der Waals surface area contributed by atoms with Crippen LogP contribution >= 0.6 is 0 Å². The second kappa shape index (κ2) is 28.9. The maximum Gasteiger partial charge on any atom is 0.251 e. The smallest absolute Gasteiger partial charge is 0.251 e. The van der Waals surface area contributed by atoms with E-state index in [-0.39, 0.29) is 94.8 Å². The lowest BCUT2D eigenvalue weighted by atomic mass is 9.99. The van der Waals surface area contributed by atoms with E-state index in [2.05, 4.69) is 38.5 Å². The number of rotatable bonds is 17. The van der Waals surface area contributed by atoms with Crippen LogP contribution in [0, 0.1) is 0 Å². The number of hydrogen-bond donors (Lipinski definition) is 11. The quantitative estimate of drug-likeness (QED) is 0.0408. The minimum absolute atomic E-state index is 0.0101. The highest BCUT2D eigenvalue weighted by Crippen LogP contribution is 2.28. The van der Waals surface area contributed by atoms with E-state index in [4.69, 9.17) is 21.9 Å². The molecule has 4 aromatic rings. The Balaban J connectivity index is 1.13. The summed E-state index contributed by atoms with van der Waals surface area (Å²) in [6, 6.07) is 20.3. The van der Waals surface area contributed by atoms with Crippen molar-refractivity contribution in [1.29, 1.82) is 0 Å². The lowest BCUT2D eigenvalue weighted by Crippen LogP contribution is -2.61. The molecule has 9 atom stereocenters. The maximum atomic E-state index is 14.6. The number of fused-ring (bicyclic) bond motifs is 2. The Bertz CT molecular complexity index is 2830. The standard InChI is InChI=1S/C59H77N11O11/c1-3-4-5-30-81-45-25-21-40(22-26-45)38-15-13-37(14-16-38)39-17-19-41(20-18-39)52(74)65-46-8-6-28-63-55(77)49-31-42(60)33-69(49)57(79)48(9-7-29-64-59(61)62)67-53(75)47(27-12-36-10-23-43(72)24-11-36)66-56(78)50-32-44(73)34-70(50)58(80)51(35(2)71)68-54(46)76/h10-11,13-26,35,42,44,46-51,71-73H,3-9,12,27-34,60H2,1-2H3,(H,63,77)(H,65,74)(H,66,78)(H,67,75)(H,68,76)(H4,61,62,64)/t35-,42+,44-,46+,47+,48+,49+,50+,51+/m1/s1. The van der Waals surface area contributed by atoms with Crippen LogP contribution in [0.15, 0.2) is 102 Å². The molecule has 0 bridgehead atoms. The van der Waals surface area contributed by atoms with E-state index in [0.717, 1.165) is 52.2 Å². The van der Waals surface area contributed by atoms with Gasteiger partial charge in [0.05, 0.1) is 18.8 Å². The van der Waals surface area contributed by atoms with Crippen molar-refractivity contribution in [1.82, 2.24) is 36.4 Å². The molecule has 3 saturated heterocycles. The lowest BCUT2D eigenvalue weighted by molar-refractivity contribution is -0.145. The third kappa shape index (κ3) is 16.7. The number of aromatic hydroxyl groups is 1. The van der Waals surface area contributed by atoms with Gasteiger partial charge in [0.15, 0.2) is 5.96 Å². The first-order valence-electron chi connectivity index (χ1n) is 27.9. The molecule has 3 aliphatic heterocycles. The molecule has 22 nitrogen and oxygen atoms in total. The maximum absolute atomic E-state index is 14.6. The monoisotopic (exact) mass is 1120 g/mol. The zero-order chi connectivity index (χ0) is 58.2. The van der Waals surface area contributed by atoms with Gasteiger partial charge in [-0.25, -0.2) is 0 Å². The average Bonchev–Trinajstić information content (AvgIpc) is 4.15. The Labute approximate surface area is 471 Å². The largest absolute Gasteiger partial charge is 0.508 e. The molecule has 7 rings (SSSR count). The zero-order valence-electron chi connectivity index (χ0n) is 45.9. The number of carbonyl (C=O) groups is 7. The number of carbonyl (C=O) groups excluding carboxylic acids is 7. The molecule has 4 aromatic carbocycles. The predicted molar refractivity (Wildman–Crippen MR) is 304 cm³/mol. The number of benzene rings is 4.